The first-order valence-electron chi connectivity index (χ1n) is 2.36. The molecule has 0 spiro atoms. The first-order valence-corrected chi connectivity index (χ1v) is 4.00. The van der Waals surface area contributed by atoms with Gasteiger partial charge in [-0.15, -0.1) is 0 Å². The molecule has 3 nitrogen and oxygen atoms in total. The predicted octanol–water partition coefficient (Wildman–Crippen LogP) is 1.09. The number of fused-ring (bicyclic) bond motifs is 1. The lowest BCUT2D eigenvalue weighted by Gasteiger charge is -1.87. The van der Waals surface area contributed by atoms with Crippen LogP contribution in [0.3, 0.4) is 0 Å². The molecule has 1 aromatic heterocycles. The van der Waals surface area contributed by atoms with E-state index in [-0.39, 0.29) is 0 Å². The fourth-order valence-electron chi connectivity index (χ4n) is 0.552. The van der Waals surface area contributed by atoms with Gasteiger partial charge < -0.3 is 0 Å². The van der Waals surface area contributed by atoms with E-state index in [9.17, 15) is 0 Å². The summed E-state index contributed by atoms with van der Waals surface area (Å²) in [5.74, 6) is 0. The third-order valence-corrected chi connectivity index (χ3v) is 2.69. The van der Waals surface area contributed by atoms with Crippen molar-refractivity contribution in [2.75, 3.05) is 0 Å². The Labute approximate surface area is 60.9 Å². The van der Waals surface area contributed by atoms with Gasteiger partial charge in [-0.05, 0) is 23.9 Å². The zero-order valence-corrected chi connectivity index (χ0v) is 6.00. The predicted molar refractivity (Wildman–Crippen MR) is 36.9 cm³/mol. The number of nitrogens with zero attached hydrogens (tertiary/aromatic N) is 2. The Balaban J connectivity index is 2.54. The van der Waals surface area contributed by atoms with E-state index in [1.165, 1.54) is 23.9 Å². The largest absolute Gasteiger partial charge is 0.244 e. The van der Waals surface area contributed by atoms with Crippen LogP contribution in [0.2, 0.25) is 0 Å². The van der Waals surface area contributed by atoms with E-state index in [1.54, 1.807) is 12.4 Å². The number of hydrogen-bond acceptors (Lipinski definition) is 5. The van der Waals surface area contributed by atoms with Crippen LogP contribution in [0.15, 0.2) is 22.4 Å². The van der Waals surface area contributed by atoms with Crippen LogP contribution < -0.4 is 4.13 Å². The molecule has 0 radical (unpaired) electrons. The normalized spacial score (nSPS) is 15.6. The lowest BCUT2D eigenvalue weighted by Crippen LogP contribution is -1.79. The van der Waals surface area contributed by atoms with E-state index in [4.69, 9.17) is 0 Å². The highest BCUT2D eigenvalue weighted by molar-refractivity contribution is 8.15. The summed E-state index contributed by atoms with van der Waals surface area (Å²) in [4.78, 5) is 8.15. The van der Waals surface area contributed by atoms with Gasteiger partial charge in [-0.1, -0.05) is 0 Å². The van der Waals surface area contributed by atoms with E-state index in [0.29, 0.717) is 0 Å². The van der Waals surface area contributed by atoms with E-state index in [0.717, 1.165) is 10.1 Å². The second kappa shape index (κ2) is 2.17. The number of nitrogens with one attached hydrogen (secondary N) is 1. The minimum Gasteiger partial charge on any atom is -0.244 e. The molecule has 0 saturated carbocycles. The second-order valence-corrected chi connectivity index (χ2v) is 3.30. The molecule has 0 fully saturated rings. The smallest absolute Gasteiger partial charge is 0.145 e. The maximum Gasteiger partial charge on any atom is 0.145 e. The summed E-state index contributed by atoms with van der Waals surface area (Å²) in [7, 11) is 0. The Morgan fingerprint density at radius 3 is 2.22 bits per heavy atom. The topological polar surface area (TPSA) is 37.8 Å². The summed E-state index contributed by atoms with van der Waals surface area (Å²) in [5, 5.41) is 1.95. The lowest BCUT2D eigenvalue weighted by molar-refractivity contribution is 0.930. The van der Waals surface area contributed by atoms with Crippen LogP contribution in [0.25, 0.3) is 0 Å². The van der Waals surface area contributed by atoms with E-state index in [1.807, 2.05) is 0 Å². The minimum absolute atomic E-state index is 0.975. The molecular weight excluding hydrogens is 154 g/mol. The Morgan fingerprint density at radius 1 is 1.11 bits per heavy atom. The highest BCUT2D eigenvalue weighted by atomic mass is 32.2. The number of aromatic nitrogens is 2. The molecule has 9 heavy (non-hydrogen) atoms. The molecule has 5 heteroatoms. The van der Waals surface area contributed by atoms with Crippen molar-refractivity contribution in [3.8, 4) is 0 Å². The molecule has 46 valence electrons. The standard InChI is InChI=1S/C4H3N3S2/c1-2-6-4-3(5-1)8-7-9-4/h1-2,7H. The van der Waals surface area contributed by atoms with Crippen molar-refractivity contribution in [1.29, 1.82) is 0 Å². The van der Waals surface area contributed by atoms with Crippen LogP contribution >= 0.6 is 23.9 Å². The van der Waals surface area contributed by atoms with Gasteiger partial charge in [0.05, 0.1) is 0 Å². The monoisotopic (exact) mass is 157 g/mol. The number of hydrogen-bond donors (Lipinski definition) is 1. The van der Waals surface area contributed by atoms with E-state index < -0.39 is 0 Å². The zero-order chi connectivity index (χ0) is 6.10. The molecular formula is C4H3N3S2. The van der Waals surface area contributed by atoms with Gasteiger partial charge in [-0.2, -0.15) is 4.13 Å². The van der Waals surface area contributed by atoms with E-state index >= 15 is 0 Å². The molecule has 0 aromatic carbocycles. The lowest BCUT2D eigenvalue weighted by atomic mass is 10.8. The molecule has 1 aromatic rings. The maximum absolute atomic E-state index is 4.08. The van der Waals surface area contributed by atoms with Crippen molar-refractivity contribution in [3.05, 3.63) is 12.4 Å². The van der Waals surface area contributed by atoms with Crippen LogP contribution in [0.4, 0.5) is 0 Å². The Morgan fingerprint density at radius 2 is 1.67 bits per heavy atom. The average molecular weight is 157 g/mol. The molecule has 0 saturated heterocycles. The van der Waals surface area contributed by atoms with Gasteiger partial charge in [-0.25, -0.2) is 9.97 Å². The van der Waals surface area contributed by atoms with Crippen LogP contribution in [0, 0.1) is 0 Å². The quantitative estimate of drug-likeness (QED) is 0.571. The van der Waals surface area contributed by atoms with Crippen molar-refractivity contribution in [2.24, 2.45) is 0 Å². The average Bonchev–Trinajstić information content (AvgIpc) is 2.33. The van der Waals surface area contributed by atoms with Crippen LogP contribution in [0.5, 0.6) is 0 Å². The van der Waals surface area contributed by atoms with Gasteiger partial charge >= 0.3 is 0 Å². The van der Waals surface area contributed by atoms with Gasteiger partial charge in [0.1, 0.15) is 10.1 Å². The molecule has 2 heterocycles. The third-order valence-electron chi connectivity index (χ3n) is 0.910. The molecule has 1 aliphatic rings. The SMILES string of the molecule is c1cnc2c(n1)SNS2. The van der Waals surface area contributed by atoms with Gasteiger partial charge in [0, 0.05) is 12.4 Å². The van der Waals surface area contributed by atoms with Crippen LogP contribution in [-0.2, 0) is 0 Å². The summed E-state index contributed by atoms with van der Waals surface area (Å²) in [6.07, 6.45) is 3.39. The zero-order valence-electron chi connectivity index (χ0n) is 4.37. The van der Waals surface area contributed by atoms with Gasteiger partial charge in [0.15, 0.2) is 0 Å². The van der Waals surface area contributed by atoms with Gasteiger partial charge in [0.25, 0.3) is 0 Å². The number of rotatable bonds is 0. The van der Waals surface area contributed by atoms with Crippen molar-refractivity contribution >= 4 is 23.9 Å². The molecule has 2 rings (SSSR count). The van der Waals surface area contributed by atoms with Crippen molar-refractivity contribution < 1.29 is 0 Å². The fraction of sp³-hybridized carbons (Fsp3) is 0. The highest BCUT2D eigenvalue weighted by Gasteiger charge is 2.12. The Hall–Kier alpha value is -0.260. The summed E-state index contributed by atoms with van der Waals surface area (Å²) < 4.78 is 3.00. The molecule has 0 aliphatic carbocycles. The van der Waals surface area contributed by atoms with Crippen molar-refractivity contribution in [3.63, 3.8) is 0 Å². The molecule has 0 bridgehead atoms. The van der Waals surface area contributed by atoms with Crippen molar-refractivity contribution in [2.45, 2.75) is 10.1 Å². The molecule has 0 unspecified atom stereocenters. The van der Waals surface area contributed by atoms with E-state index in [2.05, 4.69) is 14.1 Å². The first kappa shape index (κ1) is 5.52. The summed E-state index contributed by atoms with van der Waals surface area (Å²) >= 11 is 3.01. The van der Waals surface area contributed by atoms with Crippen molar-refractivity contribution in [1.82, 2.24) is 14.1 Å². The summed E-state index contributed by atoms with van der Waals surface area (Å²) in [6.45, 7) is 0. The van der Waals surface area contributed by atoms with Crippen LogP contribution in [0.1, 0.15) is 0 Å². The Bertz CT molecular complexity index is 204. The van der Waals surface area contributed by atoms with Gasteiger partial charge in [-0.3, -0.25) is 0 Å². The summed E-state index contributed by atoms with van der Waals surface area (Å²) in [6, 6.07) is 0. The molecule has 0 amide bonds. The second-order valence-electron chi connectivity index (χ2n) is 1.45. The molecule has 1 aliphatic heterocycles. The Kier molecular flexibility index (Phi) is 1.33. The van der Waals surface area contributed by atoms with Gasteiger partial charge in [0.2, 0.25) is 0 Å². The minimum atomic E-state index is 0.975. The first-order chi connectivity index (χ1) is 4.47. The fourth-order valence-corrected chi connectivity index (χ4v) is 2.11. The molecule has 1 N–H and O–H groups in total. The highest BCUT2D eigenvalue weighted by Crippen LogP contribution is 2.32. The summed E-state index contributed by atoms with van der Waals surface area (Å²) in [5.41, 5.74) is 0. The molecule has 0 atom stereocenters. The third kappa shape index (κ3) is 0.910. The maximum atomic E-state index is 4.08. The van der Waals surface area contributed by atoms with Crippen LogP contribution in [-0.4, -0.2) is 9.97 Å².